The van der Waals surface area contributed by atoms with Crippen LogP contribution in [-0.4, -0.2) is 79.3 Å². The van der Waals surface area contributed by atoms with Crippen LogP contribution in [0.2, 0.25) is 0 Å². The Kier molecular flexibility index (Phi) is 7.81. The normalized spacial score (nSPS) is 18.8. The van der Waals surface area contributed by atoms with Gasteiger partial charge in [-0.25, -0.2) is 4.98 Å². The van der Waals surface area contributed by atoms with Gasteiger partial charge in [0.15, 0.2) is 5.11 Å². The average Bonchev–Trinajstić information content (AvgIpc) is 2.79. The number of fused-ring (bicyclic) bond motifs is 1. The van der Waals surface area contributed by atoms with Crippen LogP contribution in [0, 0.1) is 12.8 Å². The van der Waals surface area contributed by atoms with Crippen LogP contribution in [0.25, 0.3) is 10.9 Å². The van der Waals surface area contributed by atoms with E-state index in [-0.39, 0.29) is 0 Å². The minimum Gasteiger partial charge on any atom is -0.362 e. The van der Waals surface area contributed by atoms with Crippen LogP contribution in [0.15, 0.2) is 24.3 Å². The van der Waals surface area contributed by atoms with Crippen LogP contribution in [0.5, 0.6) is 0 Å². The number of aromatic nitrogens is 1. The highest BCUT2D eigenvalue weighted by Crippen LogP contribution is 2.26. The molecule has 0 spiro atoms. The van der Waals surface area contributed by atoms with Crippen molar-refractivity contribution < 1.29 is 0 Å². The molecule has 32 heavy (non-hydrogen) atoms. The Hall–Kier alpha value is -1.96. The number of aryl methyl sites for hydroxylation is 1. The van der Waals surface area contributed by atoms with Gasteiger partial charge in [-0.15, -0.1) is 0 Å². The second-order valence-electron chi connectivity index (χ2n) is 9.58. The number of benzene rings is 1. The molecule has 0 aliphatic carbocycles. The van der Waals surface area contributed by atoms with Gasteiger partial charge < -0.3 is 25.3 Å². The van der Waals surface area contributed by atoms with Gasteiger partial charge in [0, 0.05) is 43.8 Å². The first-order valence-electron chi connectivity index (χ1n) is 12.1. The van der Waals surface area contributed by atoms with Crippen molar-refractivity contribution in [3.05, 3.63) is 29.8 Å². The number of likely N-dealkylation sites (N-methyl/N-ethyl adjacent to an activating group) is 1. The van der Waals surface area contributed by atoms with Crippen molar-refractivity contribution >= 4 is 39.7 Å². The summed E-state index contributed by atoms with van der Waals surface area (Å²) in [6.45, 7) is 13.3. The summed E-state index contributed by atoms with van der Waals surface area (Å²) in [4.78, 5) is 12.3. The Morgan fingerprint density at radius 3 is 2.59 bits per heavy atom. The maximum atomic E-state index is 5.53. The molecule has 0 radical (unpaired) electrons. The van der Waals surface area contributed by atoms with Crippen molar-refractivity contribution in [2.75, 3.05) is 69.6 Å². The monoisotopic (exact) mass is 454 g/mol. The van der Waals surface area contributed by atoms with Gasteiger partial charge in [-0.2, -0.15) is 0 Å². The minimum atomic E-state index is 0.691. The predicted molar refractivity (Wildman–Crippen MR) is 140 cm³/mol. The van der Waals surface area contributed by atoms with Crippen LogP contribution in [-0.2, 0) is 0 Å². The number of piperazine rings is 1. The number of nitrogens with one attached hydrogen (secondary N) is 2. The first kappa shape index (κ1) is 23.2. The molecule has 2 aliphatic rings. The number of rotatable bonds is 6. The lowest BCUT2D eigenvalue weighted by Gasteiger charge is -2.33. The molecule has 0 atom stereocenters. The van der Waals surface area contributed by atoms with E-state index < -0.39 is 0 Å². The van der Waals surface area contributed by atoms with Gasteiger partial charge in [0.2, 0.25) is 0 Å². The minimum absolute atomic E-state index is 0.691. The molecule has 2 fully saturated rings. The molecular formula is C25H38N6S. The van der Waals surface area contributed by atoms with E-state index >= 15 is 0 Å². The lowest BCUT2D eigenvalue weighted by molar-refractivity contribution is 0.191. The van der Waals surface area contributed by atoms with Crippen LogP contribution in [0.1, 0.15) is 31.7 Å². The summed E-state index contributed by atoms with van der Waals surface area (Å²) in [5, 5.41) is 8.58. The molecule has 7 heteroatoms. The molecule has 3 heterocycles. The smallest absolute Gasteiger partial charge is 0.170 e. The molecule has 1 aromatic carbocycles. The Labute approximate surface area is 198 Å². The SMILES string of the molecule is Cc1cc(N2CCN(C)CC2)nc2ccc(NC(=S)NCCCN3CCC(C)CC3)cc12. The number of nitrogens with zero attached hydrogens (tertiary/aromatic N) is 4. The van der Waals surface area contributed by atoms with Gasteiger partial charge in [0.25, 0.3) is 0 Å². The van der Waals surface area contributed by atoms with E-state index in [1.165, 1.54) is 36.9 Å². The first-order chi connectivity index (χ1) is 15.5. The number of piperidine rings is 1. The molecule has 2 N–H and O–H groups in total. The van der Waals surface area contributed by atoms with E-state index in [2.05, 4.69) is 70.5 Å². The summed E-state index contributed by atoms with van der Waals surface area (Å²) in [5.74, 6) is 1.98. The third-order valence-corrected chi connectivity index (χ3v) is 7.15. The first-order valence-corrected chi connectivity index (χ1v) is 12.5. The lowest BCUT2D eigenvalue weighted by Crippen LogP contribution is -2.44. The van der Waals surface area contributed by atoms with Crippen LogP contribution in [0.4, 0.5) is 11.5 Å². The maximum absolute atomic E-state index is 5.53. The number of thiocarbonyl (C=S) groups is 1. The van der Waals surface area contributed by atoms with Crippen molar-refractivity contribution in [2.45, 2.75) is 33.1 Å². The van der Waals surface area contributed by atoms with Gasteiger partial charge in [0.05, 0.1) is 5.52 Å². The standard InChI is InChI=1S/C25H38N6S/c1-19-7-11-30(12-8-19)10-4-9-26-25(32)27-21-5-6-23-22(18-21)20(2)17-24(28-23)31-15-13-29(3)14-16-31/h5-6,17-19H,4,7-16H2,1-3H3,(H2,26,27,32). The molecule has 6 nitrogen and oxygen atoms in total. The van der Waals surface area contributed by atoms with E-state index in [4.69, 9.17) is 17.2 Å². The highest BCUT2D eigenvalue weighted by molar-refractivity contribution is 7.80. The fourth-order valence-corrected chi connectivity index (χ4v) is 4.84. The third-order valence-electron chi connectivity index (χ3n) is 6.90. The van der Waals surface area contributed by atoms with E-state index in [1.807, 2.05) is 0 Å². The van der Waals surface area contributed by atoms with Crippen molar-refractivity contribution in [1.82, 2.24) is 20.1 Å². The summed E-state index contributed by atoms with van der Waals surface area (Å²) in [5.41, 5.74) is 3.30. The molecule has 174 valence electrons. The van der Waals surface area contributed by atoms with Crippen molar-refractivity contribution in [2.24, 2.45) is 5.92 Å². The zero-order chi connectivity index (χ0) is 22.5. The van der Waals surface area contributed by atoms with Crippen molar-refractivity contribution in [1.29, 1.82) is 0 Å². The molecule has 4 rings (SSSR count). The summed E-state index contributed by atoms with van der Waals surface area (Å²) < 4.78 is 0. The maximum Gasteiger partial charge on any atom is 0.170 e. The number of pyridine rings is 1. The largest absolute Gasteiger partial charge is 0.362 e. The molecule has 0 saturated carbocycles. The van der Waals surface area contributed by atoms with Gasteiger partial charge in [-0.1, -0.05) is 6.92 Å². The molecule has 2 saturated heterocycles. The van der Waals surface area contributed by atoms with Crippen LogP contribution in [0.3, 0.4) is 0 Å². The summed E-state index contributed by atoms with van der Waals surface area (Å²) >= 11 is 5.53. The van der Waals surface area contributed by atoms with E-state index in [1.54, 1.807) is 0 Å². The Morgan fingerprint density at radius 1 is 1.09 bits per heavy atom. The van der Waals surface area contributed by atoms with Crippen molar-refractivity contribution in [3.63, 3.8) is 0 Å². The Balaban J connectivity index is 1.29. The molecule has 0 bridgehead atoms. The summed E-state index contributed by atoms with van der Waals surface area (Å²) in [7, 11) is 2.18. The molecule has 2 aromatic rings. The second kappa shape index (κ2) is 10.8. The third kappa shape index (κ3) is 6.09. The van der Waals surface area contributed by atoms with E-state index in [0.29, 0.717) is 5.11 Å². The molecule has 2 aliphatic heterocycles. The van der Waals surface area contributed by atoms with E-state index in [9.17, 15) is 0 Å². The fraction of sp³-hybridized carbons (Fsp3) is 0.600. The summed E-state index contributed by atoms with van der Waals surface area (Å²) in [6, 6.07) is 8.55. The quantitative estimate of drug-likeness (QED) is 0.510. The highest BCUT2D eigenvalue weighted by Gasteiger charge is 2.17. The van der Waals surface area contributed by atoms with Gasteiger partial charge >= 0.3 is 0 Å². The molecule has 1 aromatic heterocycles. The lowest BCUT2D eigenvalue weighted by atomic mass is 9.99. The van der Waals surface area contributed by atoms with Crippen LogP contribution >= 0.6 is 12.2 Å². The molecular weight excluding hydrogens is 416 g/mol. The van der Waals surface area contributed by atoms with Crippen LogP contribution < -0.4 is 15.5 Å². The van der Waals surface area contributed by atoms with Gasteiger partial charge in [-0.3, -0.25) is 0 Å². The molecule has 0 amide bonds. The second-order valence-corrected chi connectivity index (χ2v) is 9.99. The van der Waals surface area contributed by atoms with Gasteiger partial charge in [-0.05, 0) is 101 Å². The predicted octanol–water partition coefficient (Wildman–Crippen LogP) is 3.70. The number of anilines is 2. The molecule has 0 unspecified atom stereocenters. The Morgan fingerprint density at radius 2 is 1.84 bits per heavy atom. The highest BCUT2D eigenvalue weighted by atomic mass is 32.1. The summed E-state index contributed by atoms with van der Waals surface area (Å²) in [6.07, 6.45) is 3.78. The number of hydrogen-bond donors (Lipinski definition) is 2. The Bertz CT molecular complexity index is 916. The zero-order valence-electron chi connectivity index (χ0n) is 19.9. The number of likely N-dealkylation sites (tertiary alicyclic amines) is 1. The fourth-order valence-electron chi connectivity index (χ4n) is 4.62. The van der Waals surface area contributed by atoms with Gasteiger partial charge in [0.1, 0.15) is 5.82 Å². The zero-order valence-corrected chi connectivity index (χ0v) is 20.7. The van der Waals surface area contributed by atoms with E-state index in [0.717, 1.165) is 68.6 Å². The number of hydrogen-bond acceptors (Lipinski definition) is 5. The topological polar surface area (TPSA) is 46.7 Å². The average molecular weight is 455 g/mol. The van der Waals surface area contributed by atoms with Crippen molar-refractivity contribution in [3.8, 4) is 0 Å².